The topological polar surface area (TPSA) is 98.0 Å². The zero-order valence-corrected chi connectivity index (χ0v) is 8.45. The Morgan fingerprint density at radius 3 is 2.76 bits per heavy atom. The molecule has 17 heavy (non-hydrogen) atoms. The summed E-state index contributed by atoms with van der Waals surface area (Å²) in [6.07, 6.45) is 1.20. The highest BCUT2D eigenvalue weighted by atomic mass is 19.1. The molecule has 7 heteroatoms. The van der Waals surface area contributed by atoms with Gasteiger partial charge in [-0.2, -0.15) is 0 Å². The van der Waals surface area contributed by atoms with Crippen LogP contribution >= 0.6 is 0 Å². The van der Waals surface area contributed by atoms with Crippen molar-refractivity contribution < 1.29 is 14.3 Å². The number of imidazole rings is 1. The van der Waals surface area contributed by atoms with Gasteiger partial charge in [-0.3, -0.25) is 4.79 Å². The molecule has 0 saturated heterocycles. The van der Waals surface area contributed by atoms with E-state index in [1.165, 1.54) is 12.3 Å². The molecule has 0 atom stereocenters. The maximum atomic E-state index is 13.0. The van der Waals surface area contributed by atoms with Gasteiger partial charge in [0.2, 0.25) is 0 Å². The third-order valence-corrected chi connectivity index (χ3v) is 2.05. The summed E-state index contributed by atoms with van der Waals surface area (Å²) in [6.45, 7) is 0. The fourth-order valence-corrected chi connectivity index (χ4v) is 1.24. The Morgan fingerprint density at radius 1 is 1.41 bits per heavy atom. The second-order valence-electron chi connectivity index (χ2n) is 3.28. The van der Waals surface area contributed by atoms with Crippen LogP contribution < -0.4 is 11.0 Å². The SMILES string of the molecule is O=C(Nc1ccc(O)c(F)c1)c1c[nH]c(=O)[nH]1. The Balaban J connectivity index is 2.18. The molecule has 0 spiro atoms. The number of benzene rings is 1. The fraction of sp³-hybridized carbons (Fsp3) is 0. The first kappa shape index (κ1) is 10.9. The Labute approximate surface area is 94.1 Å². The van der Waals surface area contributed by atoms with E-state index in [9.17, 15) is 14.0 Å². The van der Waals surface area contributed by atoms with Gasteiger partial charge in [0.05, 0.1) is 0 Å². The molecule has 0 bridgehead atoms. The lowest BCUT2D eigenvalue weighted by Crippen LogP contribution is -2.14. The van der Waals surface area contributed by atoms with Gasteiger partial charge < -0.3 is 20.4 Å². The van der Waals surface area contributed by atoms with Gasteiger partial charge in [0.1, 0.15) is 5.69 Å². The first-order valence-electron chi connectivity index (χ1n) is 4.64. The van der Waals surface area contributed by atoms with Gasteiger partial charge in [-0.15, -0.1) is 0 Å². The van der Waals surface area contributed by atoms with Crippen molar-refractivity contribution >= 4 is 11.6 Å². The molecule has 0 aliphatic rings. The number of aromatic nitrogens is 2. The molecular formula is C10H8FN3O3. The lowest BCUT2D eigenvalue weighted by molar-refractivity contribution is 0.102. The summed E-state index contributed by atoms with van der Waals surface area (Å²) >= 11 is 0. The van der Waals surface area contributed by atoms with Crippen molar-refractivity contribution in [2.75, 3.05) is 5.32 Å². The van der Waals surface area contributed by atoms with E-state index in [-0.39, 0.29) is 11.4 Å². The third kappa shape index (κ3) is 2.33. The molecule has 0 fully saturated rings. The highest BCUT2D eigenvalue weighted by Crippen LogP contribution is 2.19. The largest absolute Gasteiger partial charge is 0.505 e. The van der Waals surface area contributed by atoms with Gasteiger partial charge in [-0.1, -0.05) is 0 Å². The second-order valence-corrected chi connectivity index (χ2v) is 3.28. The van der Waals surface area contributed by atoms with Crippen LogP contribution in [0.1, 0.15) is 10.5 Å². The van der Waals surface area contributed by atoms with Gasteiger partial charge in [-0.05, 0) is 12.1 Å². The number of hydrogen-bond donors (Lipinski definition) is 4. The minimum absolute atomic E-state index is 0.0310. The number of phenolic OH excluding ortho intramolecular Hbond substituents is 1. The molecule has 0 saturated carbocycles. The normalized spacial score (nSPS) is 10.2. The van der Waals surface area contributed by atoms with E-state index in [0.717, 1.165) is 12.1 Å². The Morgan fingerprint density at radius 2 is 2.18 bits per heavy atom. The van der Waals surface area contributed by atoms with E-state index < -0.39 is 23.2 Å². The molecule has 0 aliphatic heterocycles. The standard InChI is InChI=1S/C10H8FN3O3/c11-6-3-5(1-2-8(6)15)13-9(16)7-4-12-10(17)14-7/h1-4,15H,(H,13,16)(H2,12,14,17). The number of phenols is 1. The predicted molar refractivity (Wildman–Crippen MR) is 57.4 cm³/mol. The highest BCUT2D eigenvalue weighted by Gasteiger charge is 2.09. The number of nitrogens with one attached hydrogen (secondary N) is 3. The first-order valence-corrected chi connectivity index (χ1v) is 4.64. The van der Waals surface area contributed by atoms with Gasteiger partial charge in [-0.25, -0.2) is 9.18 Å². The highest BCUT2D eigenvalue weighted by molar-refractivity contribution is 6.02. The molecule has 0 radical (unpaired) electrons. The first-order chi connectivity index (χ1) is 8.06. The summed E-state index contributed by atoms with van der Waals surface area (Å²) in [6, 6.07) is 3.42. The molecule has 1 amide bonds. The molecular weight excluding hydrogens is 229 g/mol. The zero-order chi connectivity index (χ0) is 12.4. The van der Waals surface area contributed by atoms with Crippen molar-refractivity contribution in [2.45, 2.75) is 0 Å². The molecule has 2 aromatic rings. The van der Waals surface area contributed by atoms with Crippen molar-refractivity contribution in [3.05, 3.63) is 46.4 Å². The van der Waals surface area contributed by atoms with E-state index in [1.807, 2.05) is 0 Å². The number of anilines is 1. The van der Waals surface area contributed by atoms with Crippen molar-refractivity contribution in [2.24, 2.45) is 0 Å². The molecule has 1 aromatic heterocycles. The summed E-state index contributed by atoms with van der Waals surface area (Å²) < 4.78 is 13.0. The minimum Gasteiger partial charge on any atom is -0.505 e. The van der Waals surface area contributed by atoms with Gasteiger partial charge in [0.25, 0.3) is 5.91 Å². The maximum absolute atomic E-state index is 13.0. The van der Waals surface area contributed by atoms with E-state index >= 15 is 0 Å². The average Bonchev–Trinajstić information content (AvgIpc) is 2.70. The van der Waals surface area contributed by atoms with Crippen LogP contribution in [0.25, 0.3) is 0 Å². The van der Waals surface area contributed by atoms with E-state index in [0.29, 0.717) is 0 Å². The van der Waals surface area contributed by atoms with Crippen LogP contribution in [-0.2, 0) is 0 Å². The van der Waals surface area contributed by atoms with Crippen LogP contribution in [0.4, 0.5) is 10.1 Å². The third-order valence-electron chi connectivity index (χ3n) is 2.05. The van der Waals surface area contributed by atoms with Crippen LogP contribution in [0.5, 0.6) is 5.75 Å². The number of rotatable bonds is 2. The lowest BCUT2D eigenvalue weighted by atomic mass is 10.3. The molecule has 88 valence electrons. The van der Waals surface area contributed by atoms with E-state index in [4.69, 9.17) is 5.11 Å². The number of halogens is 1. The summed E-state index contributed by atoms with van der Waals surface area (Å²) in [5, 5.41) is 11.3. The summed E-state index contributed by atoms with van der Waals surface area (Å²) in [4.78, 5) is 26.8. The molecule has 2 rings (SSSR count). The van der Waals surface area contributed by atoms with Gasteiger partial charge >= 0.3 is 5.69 Å². The van der Waals surface area contributed by atoms with Gasteiger partial charge in [0, 0.05) is 18.0 Å². The lowest BCUT2D eigenvalue weighted by Gasteiger charge is -2.03. The number of aromatic amines is 2. The second kappa shape index (κ2) is 4.12. The number of amides is 1. The van der Waals surface area contributed by atoms with E-state index in [2.05, 4.69) is 15.3 Å². The predicted octanol–water partition coefficient (Wildman–Crippen LogP) is 0.800. The van der Waals surface area contributed by atoms with Crippen LogP contribution in [0.3, 0.4) is 0 Å². The quantitative estimate of drug-likeness (QED) is 0.581. The average molecular weight is 237 g/mol. The van der Waals surface area contributed by atoms with Gasteiger partial charge in [0.15, 0.2) is 11.6 Å². The molecule has 0 aliphatic carbocycles. The monoisotopic (exact) mass is 237 g/mol. The Bertz CT molecular complexity index is 617. The Hall–Kier alpha value is -2.57. The number of carbonyl (C=O) groups is 1. The van der Waals surface area contributed by atoms with Crippen molar-refractivity contribution in [1.82, 2.24) is 9.97 Å². The van der Waals surface area contributed by atoms with Crippen molar-refractivity contribution in [3.8, 4) is 5.75 Å². The van der Waals surface area contributed by atoms with E-state index in [1.54, 1.807) is 0 Å². The molecule has 4 N–H and O–H groups in total. The fourth-order valence-electron chi connectivity index (χ4n) is 1.24. The smallest absolute Gasteiger partial charge is 0.323 e. The maximum Gasteiger partial charge on any atom is 0.323 e. The summed E-state index contributed by atoms with van der Waals surface area (Å²) in [5.74, 6) is -1.93. The molecule has 1 heterocycles. The van der Waals surface area contributed by atoms with Crippen LogP contribution in [0.2, 0.25) is 0 Å². The number of H-pyrrole nitrogens is 2. The Kier molecular flexibility index (Phi) is 2.65. The van der Waals surface area contributed by atoms with Crippen LogP contribution in [0.15, 0.2) is 29.2 Å². The number of hydrogen-bond acceptors (Lipinski definition) is 3. The van der Waals surface area contributed by atoms with Crippen molar-refractivity contribution in [1.29, 1.82) is 0 Å². The molecule has 6 nitrogen and oxygen atoms in total. The zero-order valence-electron chi connectivity index (χ0n) is 8.45. The summed E-state index contributed by atoms with van der Waals surface area (Å²) in [7, 11) is 0. The summed E-state index contributed by atoms with van der Waals surface area (Å²) in [5.41, 5.74) is -0.303. The molecule has 1 aromatic carbocycles. The van der Waals surface area contributed by atoms with Crippen molar-refractivity contribution in [3.63, 3.8) is 0 Å². The molecule has 0 unspecified atom stereocenters. The van der Waals surface area contributed by atoms with Crippen LogP contribution in [0, 0.1) is 5.82 Å². The number of aromatic hydroxyl groups is 1. The number of carbonyl (C=O) groups excluding carboxylic acids is 1. The minimum atomic E-state index is -0.842. The van der Waals surface area contributed by atoms with Crippen LogP contribution in [-0.4, -0.2) is 21.0 Å².